The van der Waals surface area contributed by atoms with Gasteiger partial charge in [0, 0.05) is 29.8 Å². The molecule has 1 aliphatic heterocycles. The molecule has 3 atom stereocenters. The van der Waals surface area contributed by atoms with Gasteiger partial charge in [-0.2, -0.15) is 5.10 Å². The predicted molar refractivity (Wildman–Crippen MR) is 113 cm³/mol. The van der Waals surface area contributed by atoms with E-state index in [2.05, 4.69) is 15.1 Å². The molecule has 1 saturated heterocycles. The van der Waals surface area contributed by atoms with Gasteiger partial charge in [0.1, 0.15) is 24.6 Å². The summed E-state index contributed by atoms with van der Waals surface area (Å²) >= 11 is 0. The van der Waals surface area contributed by atoms with E-state index in [1.807, 2.05) is 12.1 Å². The number of aromatic nitrogens is 4. The van der Waals surface area contributed by atoms with Crippen LogP contribution in [-0.2, 0) is 20.9 Å². The van der Waals surface area contributed by atoms with Crippen molar-refractivity contribution < 1.29 is 23.8 Å². The lowest BCUT2D eigenvalue weighted by atomic mass is 10.0. The van der Waals surface area contributed by atoms with Crippen LogP contribution in [0.3, 0.4) is 0 Å². The van der Waals surface area contributed by atoms with Crippen LogP contribution in [0.25, 0.3) is 22.0 Å². The highest BCUT2D eigenvalue weighted by Crippen LogP contribution is 2.29. The van der Waals surface area contributed by atoms with Crippen molar-refractivity contribution in [2.24, 2.45) is 0 Å². The van der Waals surface area contributed by atoms with Crippen LogP contribution in [0.15, 0.2) is 30.6 Å². The second-order valence-electron chi connectivity index (χ2n) is 7.89. The Morgan fingerprint density at radius 2 is 2.00 bits per heavy atom. The van der Waals surface area contributed by atoms with E-state index >= 15 is 0 Å². The number of nitrogens with zero attached hydrogens (tertiary/aromatic N) is 5. The zero-order valence-corrected chi connectivity index (χ0v) is 18.0. The minimum atomic E-state index is -1.29. The Labute approximate surface area is 183 Å². The number of rotatable bonds is 5. The Morgan fingerprint density at radius 1 is 1.28 bits per heavy atom. The van der Waals surface area contributed by atoms with Crippen molar-refractivity contribution in [2.75, 3.05) is 13.7 Å². The van der Waals surface area contributed by atoms with Crippen molar-refractivity contribution in [2.45, 2.75) is 45.1 Å². The van der Waals surface area contributed by atoms with Crippen LogP contribution in [0, 0.1) is 6.92 Å². The van der Waals surface area contributed by atoms with Crippen LogP contribution in [0.4, 0.5) is 4.39 Å². The number of benzene rings is 1. The van der Waals surface area contributed by atoms with Gasteiger partial charge in [0.15, 0.2) is 0 Å². The molecule has 0 saturated carbocycles. The molecule has 168 valence electrons. The summed E-state index contributed by atoms with van der Waals surface area (Å²) in [5.41, 5.74) is 2.70. The number of amides is 1. The molecule has 10 heteroatoms. The standard InChI is InChI=1S/C22H24FN5O4/c1-12(29)21-17-6-14(15-8-24-13(2)25-9-15)4-5-18(17)28(26-21)11-20(30)27-10-16(23)7-19(27)22(31)32-3/h4-6,8-9,12,16,19,29H,7,10-11H2,1-3H3/t12?,16-,19+/m1/s1. The lowest BCUT2D eigenvalue weighted by molar-refractivity contribution is -0.151. The number of aliphatic hydroxyl groups excluding tert-OH is 1. The molecule has 4 rings (SSSR count). The minimum Gasteiger partial charge on any atom is -0.467 e. The number of esters is 1. The number of carbonyl (C=O) groups is 2. The Hall–Kier alpha value is -3.40. The molecule has 3 heterocycles. The van der Waals surface area contributed by atoms with Gasteiger partial charge in [0.2, 0.25) is 5.91 Å². The van der Waals surface area contributed by atoms with Gasteiger partial charge < -0.3 is 14.7 Å². The molecule has 2 aromatic heterocycles. The van der Waals surface area contributed by atoms with Crippen molar-refractivity contribution >= 4 is 22.8 Å². The summed E-state index contributed by atoms with van der Waals surface area (Å²) < 4.78 is 20.1. The van der Waals surface area contributed by atoms with Crippen LogP contribution in [0.5, 0.6) is 0 Å². The van der Waals surface area contributed by atoms with Gasteiger partial charge in [0.05, 0.1) is 31.0 Å². The molecule has 0 radical (unpaired) electrons. The van der Waals surface area contributed by atoms with E-state index in [-0.39, 0.29) is 19.5 Å². The lowest BCUT2D eigenvalue weighted by Gasteiger charge is -2.22. The van der Waals surface area contributed by atoms with Crippen LogP contribution >= 0.6 is 0 Å². The number of aryl methyl sites for hydroxylation is 1. The quantitative estimate of drug-likeness (QED) is 0.603. The summed E-state index contributed by atoms with van der Waals surface area (Å²) in [6, 6.07) is 4.57. The molecule has 0 bridgehead atoms. The summed E-state index contributed by atoms with van der Waals surface area (Å²) in [6.07, 6.45) is 1.19. The number of hydrogen-bond acceptors (Lipinski definition) is 7. The fourth-order valence-corrected chi connectivity index (χ4v) is 3.99. The van der Waals surface area contributed by atoms with Gasteiger partial charge >= 0.3 is 5.97 Å². The molecule has 0 spiro atoms. The molecule has 32 heavy (non-hydrogen) atoms. The fraction of sp³-hybridized carbons (Fsp3) is 0.409. The predicted octanol–water partition coefficient (Wildman–Crippen LogP) is 1.97. The molecule has 1 unspecified atom stereocenters. The topological polar surface area (TPSA) is 110 Å². The molecular formula is C22H24FN5O4. The van der Waals surface area contributed by atoms with Crippen molar-refractivity contribution in [3.63, 3.8) is 0 Å². The Bertz CT molecular complexity index is 1160. The van der Waals surface area contributed by atoms with E-state index in [0.29, 0.717) is 22.4 Å². The van der Waals surface area contributed by atoms with E-state index in [4.69, 9.17) is 4.74 Å². The zero-order chi connectivity index (χ0) is 23.0. The highest BCUT2D eigenvalue weighted by molar-refractivity contribution is 5.89. The molecular weight excluding hydrogens is 417 g/mol. The first-order valence-corrected chi connectivity index (χ1v) is 10.3. The van der Waals surface area contributed by atoms with Crippen molar-refractivity contribution in [3.8, 4) is 11.1 Å². The van der Waals surface area contributed by atoms with Crippen molar-refractivity contribution in [3.05, 3.63) is 42.1 Å². The summed E-state index contributed by atoms with van der Waals surface area (Å²) in [6.45, 7) is 3.03. The van der Waals surface area contributed by atoms with E-state index in [0.717, 1.165) is 11.1 Å². The summed E-state index contributed by atoms with van der Waals surface area (Å²) in [4.78, 5) is 34.6. The SMILES string of the molecule is COC(=O)[C@@H]1C[C@@H](F)CN1C(=O)Cn1nc(C(C)O)c2cc(-c3cnc(C)nc3)ccc21. The highest BCUT2D eigenvalue weighted by atomic mass is 19.1. The first kappa shape index (κ1) is 21.8. The van der Waals surface area contributed by atoms with Crippen LogP contribution in [0.1, 0.15) is 31.0 Å². The number of alkyl halides is 1. The third-order valence-corrected chi connectivity index (χ3v) is 5.62. The zero-order valence-electron chi connectivity index (χ0n) is 18.0. The largest absolute Gasteiger partial charge is 0.467 e. The number of hydrogen-bond donors (Lipinski definition) is 1. The van der Waals surface area contributed by atoms with Gasteiger partial charge in [-0.25, -0.2) is 19.2 Å². The number of carbonyl (C=O) groups excluding carboxylic acids is 2. The number of methoxy groups -OCH3 is 1. The average molecular weight is 441 g/mol. The number of likely N-dealkylation sites (tertiary alicyclic amines) is 1. The van der Waals surface area contributed by atoms with E-state index in [1.165, 1.54) is 16.7 Å². The maximum absolute atomic E-state index is 13.9. The molecule has 3 aromatic rings. The molecule has 0 aliphatic carbocycles. The third-order valence-electron chi connectivity index (χ3n) is 5.62. The molecule has 1 fully saturated rings. The van der Waals surface area contributed by atoms with E-state index < -0.39 is 30.2 Å². The summed E-state index contributed by atoms with van der Waals surface area (Å²) in [5.74, 6) is -0.426. The number of ether oxygens (including phenoxy) is 1. The maximum Gasteiger partial charge on any atom is 0.328 e. The first-order valence-electron chi connectivity index (χ1n) is 10.3. The van der Waals surface area contributed by atoms with Gasteiger partial charge in [-0.05, 0) is 31.5 Å². The normalized spacial score (nSPS) is 19.3. The Balaban J connectivity index is 1.68. The van der Waals surface area contributed by atoms with E-state index in [1.54, 1.807) is 32.3 Å². The van der Waals surface area contributed by atoms with Gasteiger partial charge in [0.25, 0.3) is 0 Å². The average Bonchev–Trinajstić information content (AvgIpc) is 3.34. The molecule has 9 nitrogen and oxygen atoms in total. The Morgan fingerprint density at radius 3 is 2.66 bits per heavy atom. The second kappa shape index (κ2) is 8.62. The van der Waals surface area contributed by atoms with Gasteiger partial charge in [-0.1, -0.05) is 6.07 Å². The smallest absolute Gasteiger partial charge is 0.328 e. The second-order valence-corrected chi connectivity index (χ2v) is 7.89. The van der Waals surface area contributed by atoms with Gasteiger partial charge in [-0.3, -0.25) is 9.48 Å². The third kappa shape index (κ3) is 4.05. The molecule has 1 aromatic carbocycles. The molecule has 1 aliphatic rings. The number of halogens is 1. The first-order chi connectivity index (χ1) is 15.3. The van der Waals surface area contributed by atoms with Gasteiger partial charge in [-0.15, -0.1) is 0 Å². The van der Waals surface area contributed by atoms with Crippen molar-refractivity contribution in [1.82, 2.24) is 24.6 Å². The summed E-state index contributed by atoms with van der Waals surface area (Å²) in [7, 11) is 1.21. The summed E-state index contributed by atoms with van der Waals surface area (Å²) in [5, 5.41) is 15.4. The maximum atomic E-state index is 13.9. The van der Waals surface area contributed by atoms with Crippen molar-refractivity contribution in [1.29, 1.82) is 0 Å². The van der Waals surface area contributed by atoms with Crippen LogP contribution in [-0.4, -0.2) is 67.5 Å². The number of fused-ring (bicyclic) bond motifs is 1. The van der Waals surface area contributed by atoms with Crippen LogP contribution < -0.4 is 0 Å². The van der Waals surface area contributed by atoms with E-state index in [9.17, 15) is 19.1 Å². The lowest BCUT2D eigenvalue weighted by Crippen LogP contribution is -2.42. The fourth-order valence-electron chi connectivity index (χ4n) is 3.99. The molecule has 1 N–H and O–H groups in total. The number of aliphatic hydroxyl groups is 1. The molecule has 1 amide bonds. The monoisotopic (exact) mass is 441 g/mol. The van der Waals surface area contributed by atoms with Crippen LogP contribution in [0.2, 0.25) is 0 Å². The highest BCUT2D eigenvalue weighted by Gasteiger charge is 2.40. The Kier molecular flexibility index (Phi) is 5.88. The minimum absolute atomic E-state index is 0.0842.